The summed E-state index contributed by atoms with van der Waals surface area (Å²) >= 11 is 0. The second-order valence-corrected chi connectivity index (χ2v) is 3.42. The third kappa shape index (κ3) is 3.28. The van der Waals surface area contributed by atoms with Gasteiger partial charge in [0.05, 0.1) is 0 Å². The molecule has 1 heterocycles. The summed E-state index contributed by atoms with van der Waals surface area (Å²) in [5, 5.41) is 0. The molecule has 0 aliphatic rings. The van der Waals surface area contributed by atoms with Gasteiger partial charge < -0.3 is 20.4 Å². The number of aromatic amines is 1. The molecule has 0 aromatic carbocycles. The molecule has 0 atom stereocenters. The zero-order valence-corrected chi connectivity index (χ0v) is 9.12. The van der Waals surface area contributed by atoms with Crippen molar-refractivity contribution in [1.29, 1.82) is 0 Å². The summed E-state index contributed by atoms with van der Waals surface area (Å²) in [4.78, 5) is 16.2. The number of nitrogen functional groups attached to an aromatic ring is 1. The van der Waals surface area contributed by atoms with E-state index in [-0.39, 0.29) is 5.91 Å². The first kappa shape index (κ1) is 11.6. The molecular weight excluding hydrogens is 194 g/mol. The van der Waals surface area contributed by atoms with Crippen LogP contribution in [0.2, 0.25) is 0 Å². The monoisotopic (exact) mass is 211 g/mol. The first-order valence-electron chi connectivity index (χ1n) is 4.83. The predicted molar refractivity (Wildman–Crippen MR) is 58.7 cm³/mol. The van der Waals surface area contributed by atoms with E-state index in [1.54, 1.807) is 31.3 Å². The largest absolute Gasteiger partial charge is 0.397 e. The Morgan fingerprint density at radius 3 is 2.93 bits per heavy atom. The van der Waals surface area contributed by atoms with Crippen LogP contribution < -0.4 is 5.73 Å². The smallest absolute Gasteiger partial charge is 0.270 e. The number of methoxy groups -OCH3 is 1. The Morgan fingerprint density at radius 2 is 2.40 bits per heavy atom. The second kappa shape index (κ2) is 5.41. The SMILES string of the molecule is COCCCN(C)C(=O)c1cc(N)c[nH]1. The number of nitrogens with two attached hydrogens (primary N) is 1. The highest BCUT2D eigenvalue weighted by molar-refractivity contribution is 5.93. The Labute approximate surface area is 89.2 Å². The molecule has 0 fully saturated rings. The number of nitrogens with one attached hydrogen (secondary N) is 1. The Hall–Kier alpha value is -1.49. The molecule has 1 rings (SSSR count). The first-order chi connectivity index (χ1) is 7.15. The van der Waals surface area contributed by atoms with E-state index in [2.05, 4.69) is 4.98 Å². The zero-order chi connectivity index (χ0) is 11.3. The highest BCUT2D eigenvalue weighted by Gasteiger charge is 2.12. The molecule has 0 aliphatic carbocycles. The number of carbonyl (C=O) groups is 1. The summed E-state index contributed by atoms with van der Waals surface area (Å²) in [6.45, 7) is 1.33. The Morgan fingerprint density at radius 1 is 1.67 bits per heavy atom. The highest BCUT2D eigenvalue weighted by atomic mass is 16.5. The summed E-state index contributed by atoms with van der Waals surface area (Å²) in [6.07, 6.45) is 2.44. The van der Waals surface area contributed by atoms with Crippen molar-refractivity contribution in [3.05, 3.63) is 18.0 Å². The third-order valence-electron chi connectivity index (χ3n) is 2.12. The van der Waals surface area contributed by atoms with Crippen molar-refractivity contribution in [2.75, 3.05) is 33.0 Å². The Bertz CT molecular complexity index is 322. The minimum absolute atomic E-state index is 0.0530. The van der Waals surface area contributed by atoms with Crippen molar-refractivity contribution < 1.29 is 9.53 Å². The number of amides is 1. The molecule has 3 N–H and O–H groups in total. The molecule has 0 radical (unpaired) electrons. The summed E-state index contributed by atoms with van der Waals surface area (Å²) < 4.78 is 4.92. The normalized spacial score (nSPS) is 10.3. The molecule has 5 nitrogen and oxygen atoms in total. The molecule has 1 aromatic heterocycles. The molecule has 15 heavy (non-hydrogen) atoms. The first-order valence-corrected chi connectivity index (χ1v) is 4.83. The van der Waals surface area contributed by atoms with E-state index in [1.807, 2.05) is 0 Å². The molecule has 1 amide bonds. The lowest BCUT2D eigenvalue weighted by molar-refractivity contribution is 0.0774. The van der Waals surface area contributed by atoms with Crippen molar-refractivity contribution in [1.82, 2.24) is 9.88 Å². The van der Waals surface area contributed by atoms with Crippen molar-refractivity contribution >= 4 is 11.6 Å². The molecule has 84 valence electrons. The van der Waals surface area contributed by atoms with E-state index in [9.17, 15) is 4.79 Å². The third-order valence-corrected chi connectivity index (χ3v) is 2.12. The van der Waals surface area contributed by atoms with Gasteiger partial charge in [0.15, 0.2) is 0 Å². The van der Waals surface area contributed by atoms with Gasteiger partial charge in [0, 0.05) is 39.2 Å². The average Bonchev–Trinajstić information content (AvgIpc) is 2.64. The van der Waals surface area contributed by atoms with Gasteiger partial charge in [-0.15, -0.1) is 0 Å². The van der Waals surface area contributed by atoms with Gasteiger partial charge in [-0.2, -0.15) is 0 Å². The number of nitrogens with zero attached hydrogens (tertiary/aromatic N) is 1. The van der Waals surface area contributed by atoms with Gasteiger partial charge in [0.25, 0.3) is 5.91 Å². The second-order valence-electron chi connectivity index (χ2n) is 3.42. The van der Waals surface area contributed by atoms with Crippen molar-refractivity contribution in [3.8, 4) is 0 Å². The van der Waals surface area contributed by atoms with Crippen LogP contribution in [0.4, 0.5) is 5.69 Å². The average molecular weight is 211 g/mol. The maximum absolute atomic E-state index is 11.8. The van der Waals surface area contributed by atoms with E-state index in [1.165, 1.54) is 0 Å². The number of ether oxygens (including phenoxy) is 1. The van der Waals surface area contributed by atoms with Gasteiger partial charge in [-0.3, -0.25) is 4.79 Å². The van der Waals surface area contributed by atoms with Crippen molar-refractivity contribution in [2.45, 2.75) is 6.42 Å². The Balaban J connectivity index is 2.46. The molecule has 0 spiro atoms. The van der Waals surface area contributed by atoms with Gasteiger partial charge in [-0.1, -0.05) is 0 Å². The van der Waals surface area contributed by atoms with Crippen LogP contribution in [0.5, 0.6) is 0 Å². The number of anilines is 1. The fraction of sp³-hybridized carbons (Fsp3) is 0.500. The molecular formula is C10H17N3O2. The summed E-state index contributed by atoms with van der Waals surface area (Å²) in [5.41, 5.74) is 6.61. The van der Waals surface area contributed by atoms with Crippen molar-refractivity contribution in [2.24, 2.45) is 0 Å². The number of rotatable bonds is 5. The molecule has 0 unspecified atom stereocenters. The minimum Gasteiger partial charge on any atom is -0.397 e. The molecule has 0 aliphatic heterocycles. The predicted octanol–water partition coefficient (Wildman–Crippen LogP) is 0.705. The summed E-state index contributed by atoms with van der Waals surface area (Å²) in [5.74, 6) is -0.0530. The topological polar surface area (TPSA) is 71.3 Å². The fourth-order valence-electron chi connectivity index (χ4n) is 1.29. The minimum atomic E-state index is -0.0530. The molecule has 0 saturated carbocycles. The van der Waals surface area contributed by atoms with E-state index in [0.29, 0.717) is 24.5 Å². The molecule has 0 saturated heterocycles. The number of H-pyrrole nitrogens is 1. The van der Waals surface area contributed by atoms with E-state index >= 15 is 0 Å². The van der Waals surface area contributed by atoms with E-state index in [4.69, 9.17) is 10.5 Å². The number of carbonyl (C=O) groups excluding carboxylic acids is 1. The van der Waals surface area contributed by atoms with Gasteiger partial charge in [0.2, 0.25) is 0 Å². The Kier molecular flexibility index (Phi) is 4.17. The maximum atomic E-state index is 11.8. The van der Waals surface area contributed by atoms with E-state index < -0.39 is 0 Å². The lowest BCUT2D eigenvalue weighted by Gasteiger charge is -2.15. The molecule has 0 bridgehead atoms. The highest BCUT2D eigenvalue weighted by Crippen LogP contribution is 2.07. The van der Waals surface area contributed by atoms with Crippen LogP contribution in [0.3, 0.4) is 0 Å². The molecule has 5 heteroatoms. The van der Waals surface area contributed by atoms with Gasteiger partial charge in [-0.05, 0) is 12.5 Å². The van der Waals surface area contributed by atoms with Crippen LogP contribution in [0.25, 0.3) is 0 Å². The fourth-order valence-corrected chi connectivity index (χ4v) is 1.29. The van der Waals surface area contributed by atoms with Crippen molar-refractivity contribution in [3.63, 3.8) is 0 Å². The zero-order valence-electron chi connectivity index (χ0n) is 9.12. The van der Waals surface area contributed by atoms with Crippen LogP contribution in [0, 0.1) is 0 Å². The van der Waals surface area contributed by atoms with Crippen LogP contribution in [-0.2, 0) is 4.74 Å². The summed E-state index contributed by atoms with van der Waals surface area (Å²) in [7, 11) is 3.41. The number of aromatic nitrogens is 1. The lowest BCUT2D eigenvalue weighted by Crippen LogP contribution is -2.28. The van der Waals surface area contributed by atoms with Crippen LogP contribution in [0.1, 0.15) is 16.9 Å². The molecule has 1 aromatic rings. The van der Waals surface area contributed by atoms with Crippen LogP contribution in [-0.4, -0.2) is 43.1 Å². The lowest BCUT2D eigenvalue weighted by atomic mass is 10.3. The van der Waals surface area contributed by atoms with Crippen LogP contribution >= 0.6 is 0 Å². The van der Waals surface area contributed by atoms with E-state index in [0.717, 1.165) is 6.42 Å². The van der Waals surface area contributed by atoms with Gasteiger partial charge in [-0.25, -0.2) is 0 Å². The summed E-state index contributed by atoms with van der Waals surface area (Å²) in [6, 6.07) is 1.63. The van der Waals surface area contributed by atoms with Gasteiger partial charge >= 0.3 is 0 Å². The van der Waals surface area contributed by atoms with Gasteiger partial charge in [0.1, 0.15) is 5.69 Å². The van der Waals surface area contributed by atoms with Crippen LogP contribution in [0.15, 0.2) is 12.3 Å². The standard InChI is InChI=1S/C10H17N3O2/c1-13(4-3-5-15-2)10(14)9-6-8(11)7-12-9/h6-7,12H,3-5,11H2,1-2H3. The quantitative estimate of drug-likeness (QED) is 0.704. The maximum Gasteiger partial charge on any atom is 0.270 e. The number of hydrogen-bond donors (Lipinski definition) is 2. The number of hydrogen-bond acceptors (Lipinski definition) is 3.